The van der Waals surface area contributed by atoms with E-state index in [1.807, 2.05) is 6.08 Å². The van der Waals surface area contributed by atoms with Crippen molar-refractivity contribution in [2.45, 2.75) is 53.1 Å². The number of likely N-dealkylation sites (N-methyl/N-ethyl adjacent to an activating group) is 1. The number of aliphatic imine (C=N–C) groups is 1. The molecule has 3 rings (SSSR count). The van der Waals surface area contributed by atoms with Gasteiger partial charge in [0.25, 0.3) is 5.91 Å². The maximum absolute atomic E-state index is 12.5. The molecule has 1 saturated heterocycles. The van der Waals surface area contributed by atoms with Crippen LogP contribution in [0, 0.1) is 6.92 Å². The number of hydrogen-bond acceptors (Lipinski definition) is 4. The maximum Gasteiger partial charge on any atom is 0.266 e. The first-order valence-electron chi connectivity index (χ1n) is 9.35. The third-order valence-corrected chi connectivity index (χ3v) is 6.41. The third kappa shape index (κ3) is 3.33. The molecule has 2 aliphatic heterocycles. The largest absolute Gasteiger partial charge is 0.360 e. The molecule has 0 bridgehead atoms. The van der Waals surface area contributed by atoms with Crippen molar-refractivity contribution in [2.24, 2.45) is 4.99 Å². The molecule has 0 unspecified atom stereocenters. The second kappa shape index (κ2) is 6.86. The highest BCUT2D eigenvalue weighted by atomic mass is 32.2. The van der Waals surface area contributed by atoms with Gasteiger partial charge in [-0.25, -0.2) is 0 Å². The fourth-order valence-corrected chi connectivity index (χ4v) is 5.12. The van der Waals surface area contributed by atoms with Gasteiger partial charge in [0.05, 0.1) is 10.4 Å². The summed E-state index contributed by atoms with van der Waals surface area (Å²) in [6.07, 6.45) is 4.34. The molecule has 27 heavy (non-hydrogen) atoms. The number of fused-ring (bicyclic) bond motifs is 1. The lowest BCUT2D eigenvalue weighted by Crippen LogP contribution is -2.49. The molecule has 0 aromatic heterocycles. The Bertz CT molecular complexity index is 893. The van der Waals surface area contributed by atoms with Crippen molar-refractivity contribution in [2.75, 3.05) is 19.0 Å². The summed E-state index contributed by atoms with van der Waals surface area (Å²) in [4.78, 5) is 21.5. The van der Waals surface area contributed by atoms with Gasteiger partial charge in [-0.2, -0.15) is 0 Å². The first-order chi connectivity index (χ1) is 12.6. The van der Waals surface area contributed by atoms with Crippen molar-refractivity contribution in [3.05, 3.63) is 39.8 Å². The SMILES string of the molecule is CN=C1S/C(=C\c2cc3c(cc2C)N(C(C)C)C(C)(C)C=C3C)C(=O)N1C. The monoisotopic (exact) mass is 383 g/mol. The van der Waals surface area contributed by atoms with Crippen LogP contribution < -0.4 is 4.90 Å². The van der Waals surface area contributed by atoms with Crippen LogP contribution in [0.25, 0.3) is 11.6 Å². The molecule has 144 valence electrons. The van der Waals surface area contributed by atoms with E-state index in [1.165, 1.54) is 34.1 Å². The standard InChI is InChI=1S/C22H29N3OS/c1-13(2)25-18-9-14(3)16(10-17(18)15(4)12-22(25,5)6)11-19-20(26)24(8)21(23-7)27-19/h9-13H,1-8H3/b19-11-,23-21?. The van der Waals surface area contributed by atoms with E-state index in [0.29, 0.717) is 6.04 Å². The van der Waals surface area contributed by atoms with Crippen LogP contribution in [0.2, 0.25) is 0 Å². The number of hydrogen-bond donors (Lipinski definition) is 0. The topological polar surface area (TPSA) is 35.9 Å². The highest BCUT2D eigenvalue weighted by molar-refractivity contribution is 8.18. The Kier molecular flexibility index (Phi) is 5.02. The Balaban J connectivity index is 2.12. The molecule has 0 N–H and O–H groups in total. The number of benzene rings is 1. The summed E-state index contributed by atoms with van der Waals surface area (Å²) in [5.41, 5.74) is 6.04. The van der Waals surface area contributed by atoms with Gasteiger partial charge in [-0.15, -0.1) is 0 Å². The van der Waals surface area contributed by atoms with E-state index in [2.05, 4.69) is 69.6 Å². The predicted octanol–water partition coefficient (Wildman–Crippen LogP) is 4.94. The van der Waals surface area contributed by atoms with E-state index < -0.39 is 0 Å². The fraction of sp³-hybridized carbons (Fsp3) is 0.455. The number of carbonyl (C=O) groups is 1. The zero-order chi connectivity index (χ0) is 20.1. The van der Waals surface area contributed by atoms with E-state index in [4.69, 9.17) is 0 Å². The molecular formula is C22H29N3OS. The van der Waals surface area contributed by atoms with Crippen LogP contribution in [0.1, 0.15) is 51.3 Å². The predicted molar refractivity (Wildman–Crippen MR) is 118 cm³/mol. The summed E-state index contributed by atoms with van der Waals surface area (Å²) in [6, 6.07) is 4.89. The molecule has 0 radical (unpaired) electrons. The van der Waals surface area contributed by atoms with Gasteiger partial charge >= 0.3 is 0 Å². The van der Waals surface area contributed by atoms with Gasteiger partial charge in [-0.3, -0.25) is 14.7 Å². The van der Waals surface area contributed by atoms with Crippen LogP contribution in [-0.4, -0.2) is 41.7 Å². The molecule has 4 nitrogen and oxygen atoms in total. The fourth-order valence-electron chi connectivity index (χ4n) is 4.20. The highest BCUT2D eigenvalue weighted by Crippen LogP contribution is 2.42. The number of carbonyl (C=O) groups excluding carboxylic acids is 1. The van der Waals surface area contributed by atoms with Crippen LogP contribution in [-0.2, 0) is 4.79 Å². The molecule has 0 spiro atoms. The van der Waals surface area contributed by atoms with Gasteiger partial charge in [0.1, 0.15) is 0 Å². The molecule has 1 aromatic rings. The van der Waals surface area contributed by atoms with E-state index in [1.54, 1.807) is 19.0 Å². The summed E-state index contributed by atoms with van der Waals surface area (Å²) in [6.45, 7) is 13.3. The number of anilines is 1. The maximum atomic E-state index is 12.5. The zero-order valence-electron chi connectivity index (χ0n) is 17.5. The van der Waals surface area contributed by atoms with Crippen LogP contribution >= 0.6 is 11.8 Å². The number of aryl methyl sites for hydroxylation is 1. The minimum absolute atomic E-state index is 0.00919. The molecular weight excluding hydrogens is 354 g/mol. The van der Waals surface area contributed by atoms with Gasteiger partial charge in [-0.1, -0.05) is 6.08 Å². The summed E-state index contributed by atoms with van der Waals surface area (Å²) < 4.78 is 0. The second-order valence-corrected chi connectivity index (χ2v) is 9.16. The molecule has 5 heteroatoms. The van der Waals surface area contributed by atoms with Crippen molar-refractivity contribution in [3.63, 3.8) is 0 Å². The number of amides is 1. The number of allylic oxidation sites excluding steroid dienone is 1. The Morgan fingerprint density at radius 3 is 2.44 bits per heavy atom. The van der Waals surface area contributed by atoms with Crippen molar-refractivity contribution >= 4 is 40.2 Å². The molecule has 1 aromatic carbocycles. The van der Waals surface area contributed by atoms with Crippen LogP contribution in [0.4, 0.5) is 5.69 Å². The van der Waals surface area contributed by atoms with E-state index in [-0.39, 0.29) is 11.4 Å². The molecule has 0 aliphatic carbocycles. The molecule has 0 saturated carbocycles. The van der Waals surface area contributed by atoms with Crippen LogP contribution in [0.15, 0.2) is 28.1 Å². The number of nitrogens with zero attached hydrogens (tertiary/aromatic N) is 3. The first kappa shape index (κ1) is 19.7. The average molecular weight is 384 g/mol. The van der Waals surface area contributed by atoms with Gasteiger partial charge in [0.15, 0.2) is 5.17 Å². The van der Waals surface area contributed by atoms with Gasteiger partial charge in [0, 0.05) is 31.4 Å². The lowest BCUT2D eigenvalue weighted by Gasteiger charge is -2.46. The summed E-state index contributed by atoms with van der Waals surface area (Å²) in [5, 5.41) is 0.741. The zero-order valence-corrected chi connectivity index (χ0v) is 18.4. The highest BCUT2D eigenvalue weighted by Gasteiger charge is 2.34. The summed E-state index contributed by atoms with van der Waals surface area (Å²) >= 11 is 1.44. The minimum atomic E-state index is -0.0237. The Labute approximate surface area is 167 Å². The van der Waals surface area contributed by atoms with Crippen molar-refractivity contribution < 1.29 is 4.79 Å². The lowest BCUT2D eigenvalue weighted by atomic mass is 9.86. The quantitative estimate of drug-likeness (QED) is 0.679. The lowest BCUT2D eigenvalue weighted by molar-refractivity contribution is -0.121. The Hall–Kier alpha value is -2.01. The smallest absolute Gasteiger partial charge is 0.266 e. The molecule has 1 amide bonds. The molecule has 1 fully saturated rings. The Morgan fingerprint density at radius 2 is 1.89 bits per heavy atom. The first-order valence-corrected chi connectivity index (χ1v) is 10.2. The van der Waals surface area contributed by atoms with Gasteiger partial charge in [0.2, 0.25) is 0 Å². The molecule has 2 heterocycles. The van der Waals surface area contributed by atoms with E-state index in [9.17, 15) is 4.79 Å². The summed E-state index contributed by atoms with van der Waals surface area (Å²) in [7, 11) is 3.49. The molecule has 0 atom stereocenters. The molecule has 2 aliphatic rings. The van der Waals surface area contributed by atoms with E-state index in [0.717, 1.165) is 15.6 Å². The Morgan fingerprint density at radius 1 is 1.22 bits per heavy atom. The second-order valence-electron chi connectivity index (χ2n) is 8.15. The van der Waals surface area contributed by atoms with E-state index >= 15 is 0 Å². The van der Waals surface area contributed by atoms with Crippen molar-refractivity contribution in [1.82, 2.24) is 4.90 Å². The number of thioether (sulfide) groups is 1. The van der Waals surface area contributed by atoms with Gasteiger partial charge < -0.3 is 4.90 Å². The minimum Gasteiger partial charge on any atom is -0.360 e. The van der Waals surface area contributed by atoms with Crippen molar-refractivity contribution in [3.8, 4) is 0 Å². The van der Waals surface area contributed by atoms with Gasteiger partial charge in [-0.05, 0) is 88.2 Å². The number of rotatable bonds is 2. The average Bonchev–Trinajstić information content (AvgIpc) is 2.82. The van der Waals surface area contributed by atoms with Crippen molar-refractivity contribution in [1.29, 1.82) is 0 Å². The van der Waals surface area contributed by atoms with Crippen LogP contribution in [0.5, 0.6) is 0 Å². The normalized spacial score (nSPS) is 22.1. The third-order valence-electron chi connectivity index (χ3n) is 5.26. The summed E-state index contributed by atoms with van der Waals surface area (Å²) in [5.74, 6) is 0.00919. The number of amidine groups is 1. The van der Waals surface area contributed by atoms with Crippen LogP contribution in [0.3, 0.4) is 0 Å².